The van der Waals surface area contributed by atoms with Crippen LogP contribution in [0.15, 0.2) is 112 Å². The molecule has 0 saturated carbocycles. The smallest absolute Gasteiger partial charge is 0.269 e. The summed E-state index contributed by atoms with van der Waals surface area (Å²) in [7, 11) is 0. The molecule has 0 atom stereocenters. The number of amidine groups is 1. The highest BCUT2D eigenvalue weighted by Crippen LogP contribution is 2.36. The van der Waals surface area contributed by atoms with E-state index in [1.54, 1.807) is 17.0 Å². The molecule has 1 aliphatic rings. The summed E-state index contributed by atoms with van der Waals surface area (Å²) >= 11 is 10.8. The third-order valence-corrected chi connectivity index (χ3v) is 8.89. The number of H-pyrrole nitrogens is 1. The van der Waals surface area contributed by atoms with Crippen LogP contribution in [0.5, 0.6) is 5.75 Å². The summed E-state index contributed by atoms with van der Waals surface area (Å²) < 4.78 is 6.73. The first-order chi connectivity index (χ1) is 21.3. The Morgan fingerprint density at radius 2 is 1.82 bits per heavy atom. The minimum atomic E-state index is -0.453. The van der Waals surface area contributed by atoms with E-state index in [-0.39, 0.29) is 11.6 Å². The van der Waals surface area contributed by atoms with Gasteiger partial charge < -0.3 is 9.72 Å². The number of rotatable bonds is 9. The quantitative estimate of drug-likeness (QED) is 0.0948. The molecule has 1 saturated heterocycles. The Morgan fingerprint density at radius 3 is 2.57 bits per heavy atom. The van der Waals surface area contributed by atoms with Crippen molar-refractivity contribution < 1.29 is 14.5 Å². The number of hydrogen-bond acceptors (Lipinski definition) is 6. The zero-order chi connectivity index (χ0) is 30.6. The summed E-state index contributed by atoms with van der Waals surface area (Å²) in [6.45, 7) is 0.802. The molecule has 1 aromatic heterocycles. The number of nitro groups is 1. The zero-order valence-electron chi connectivity index (χ0n) is 23.1. The number of aromatic amines is 1. The summed E-state index contributed by atoms with van der Waals surface area (Å²) in [6.07, 6.45) is 4.42. The van der Waals surface area contributed by atoms with E-state index in [1.165, 1.54) is 23.9 Å². The lowest BCUT2D eigenvalue weighted by atomic mass is 10.1. The van der Waals surface area contributed by atoms with Crippen LogP contribution in [0.3, 0.4) is 0 Å². The van der Waals surface area contributed by atoms with Gasteiger partial charge in [0.15, 0.2) is 5.17 Å². The van der Waals surface area contributed by atoms with Crippen molar-refractivity contribution in [2.75, 3.05) is 6.54 Å². The van der Waals surface area contributed by atoms with Crippen LogP contribution in [0.2, 0.25) is 5.02 Å². The van der Waals surface area contributed by atoms with E-state index in [9.17, 15) is 14.9 Å². The van der Waals surface area contributed by atoms with Crippen molar-refractivity contribution in [1.82, 2.24) is 9.88 Å². The molecule has 5 aromatic rings. The number of thioether (sulfide) groups is 1. The molecule has 1 amide bonds. The maximum atomic E-state index is 13.7. The Bertz CT molecular complexity index is 1920. The molecule has 0 radical (unpaired) electrons. The Labute approximate surface area is 270 Å². The van der Waals surface area contributed by atoms with Crippen molar-refractivity contribution in [1.29, 1.82) is 0 Å². The Morgan fingerprint density at radius 1 is 1.05 bits per heavy atom. The number of nitro benzene ring substituents is 1. The van der Waals surface area contributed by atoms with Gasteiger partial charge in [-0.05, 0) is 99.3 Å². The molecule has 0 unspecified atom stereocenters. The average Bonchev–Trinajstić information content (AvgIpc) is 3.56. The lowest BCUT2D eigenvalue weighted by Gasteiger charge is -2.15. The minimum absolute atomic E-state index is 0.0213. The molecule has 0 aliphatic carbocycles. The van der Waals surface area contributed by atoms with Gasteiger partial charge in [0.2, 0.25) is 0 Å². The first kappa shape index (κ1) is 29.7. The second-order valence-electron chi connectivity index (χ2n) is 9.95. The van der Waals surface area contributed by atoms with Crippen LogP contribution in [-0.2, 0) is 17.8 Å². The van der Waals surface area contributed by atoms with E-state index in [0.717, 1.165) is 32.1 Å². The molecule has 1 aliphatic heterocycles. The van der Waals surface area contributed by atoms with E-state index < -0.39 is 4.92 Å². The molecule has 6 rings (SSSR count). The van der Waals surface area contributed by atoms with Gasteiger partial charge in [-0.1, -0.05) is 48.0 Å². The molecule has 2 heterocycles. The molecular weight excluding hydrogens is 664 g/mol. The van der Waals surface area contributed by atoms with Crippen molar-refractivity contribution in [2.24, 2.45) is 4.99 Å². The van der Waals surface area contributed by atoms with Gasteiger partial charge >= 0.3 is 0 Å². The summed E-state index contributed by atoms with van der Waals surface area (Å²) in [5, 5.41) is 13.4. The molecule has 11 heteroatoms. The molecule has 8 nitrogen and oxygen atoms in total. The third kappa shape index (κ3) is 6.72. The van der Waals surface area contributed by atoms with Crippen LogP contribution in [0.4, 0.5) is 11.4 Å². The Kier molecular flexibility index (Phi) is 8.83. The topological polar surface area (TPSA) is 101 Å². The second kappa shape index (κ2) is 13.1. The minimum Gasteiger partial charge on any atom is -0.488 e. The van der Waals surface area contributed by atoms with Gasteiger partial charge in [-0.25, -0.2) is 4.99 Å². The SMILES string of the molecule is O=C1/C(=C/c2ccc(OCc3ccc(Cl)cc3)c(Br)c2)SC(=Nc2ccc([N+](=O)[O-])cc2)N1CCc1c[nH]c2ccccc12. The first-order valence-electron chi connectivity index (χ1n) is 13.6. The van der Waals surface area contributed by atoms with Crippen molar-refractivity contribution in [2.45, 2.75) is 13.0 Å². The van der Waals surface area contributed by atoms with Gasteiger partial charge in [-0.2, -0.15) is 0 Å². The molecular formula is C33H24BrClN4O4S. The fourth-order valence-electron chi connectivity index (χ4n) is 4.74. The second-order valence-corrected chi connectivity index (χ2v) is 12.2. The van der Waals surface area contributed by atoms with Gasteiger partial charge in [0, 0.05) is 40.8 Å². The number of fused-ring (bicyclic) bond motifs is 1. The lowest BCUT2D eigenvalue weighted by molar-refractivity contribution is -0.384. The molecule has 0 spiro atoms. The van der Waals surface area contributed by atoms with Gasteiger partial charge in [0.25, 0.3) is 11.6 Å². The number of aromatic nitrogens is 1. The number of nitrogens with zero attached hydrogens (tertiary/aromatic N) is 3. The number of nitrogens with one attached hydrogen (secondary N) is 1. The number of para-hydroxylation sites is 1. The van der Waals surface area contributed by atoms with Crippen molar-refractivity contribution in [3.05, 3.63) is 138 Å². The molecule has 44 heavy (non-hydrogen) atoms. The van der Waals surface area contributed by atoms with Crippen LogP contribution in [0, 0.1) is 10.1 Å². The van der Waals surface area contributed by atoms with E-state index in [2.05, 4.69) is 27.0 Å². The molecule has 1 N–H and O–H groups in total. The number of non-ortho nitro benzene ring substituents is 1. The largest absolute Gasteiger partial charge is 0.488 e. The standard InChI is InChI=1S/C33H24BrClN4O4S/c34-28-17-22(7-14-30(28)43-20-21-5-8-24(35)9-6-21)18-31-32(40)38(16-15-23-19-36-29-4-2-1-3-27(23)29)33(44-31)37-25-10-12-26(13-11-25)39(41)42/h1-14,17-19,36H,15-16,20H2/b31-18-,37-33?. The number of hydrogen-bond donors (Lipinski definition) is 1. The number of ether oxygens (including phenoxy) is 1. The van der Waals surface area contributed by atoms with Gasteiger partial charge in [-0.15, -0.1) is 0 Å². The highest BCUT2D eigenvalue weighted by Gasteiger charge is 2.33. The Hall–Kier alpha value is -4.38. The van der Waals surface area contributed by atoms with Crippen LogP contribution in [0.25, 0.3) is 17.0 Å². The molecule has 0 bridgehead atoms. The van der Waals surface area contributed by atoms with Crippen LogP contribution in [0.1, 0.15) is 16.7 Å². The third-order valence-electron chi connectivity index (χ3n) is 7.01. The zero-order valence-corrected chi connectivity index (χ0v) is 26.2. The Balaban J connectivity index is 1.24. The maximum absolute atomic E-state index is 13.7. The number of carbonyl (C=O) groups is 1. The van der Waals surface area contributed by atoms with Crippen molar-refractivity contribution in [3.63, 3.8) is 0 Å². The highest BCUT2D eigenvalue weighted by atomic mass is 79.9. The van der Waals surface area contributed by atoms with E-state index >= 15 is 0 Å². The van der Waals surface area contributed by atoms with E-state index in [0.29, 0.717) is 46.1 Å². The van der Waals surface area contributed by atoms with Crippen LogP contribution >= 0.6 is 39.3 Å². The fourth-order valence-corrected chi connectivity index (χ4v) is 6.40. The molecule has 4 aromatic carbocycles. The summed E-state index contributed by atoms with van der Waals surface area (Å²) in [5.41, 5.74) is 4.45. The van der Waals surface area contributed by atoms with Gasteiger partial charge in [0.05, 0.1) is 20.0 Å². The fraction of sp³-hybridized carbons (Fsp3) is 0.0909. The van der Waals surface area contributed by atoms with E-state index in [4.69, 9.17) is 21.3 Å². The predicted molar refractivity (Wildman–Crippen MR) is 179 cm³/mol. The highest BCUT2D eigenvalue weighted by molar-refractivity contribution is 9.10. The molecule has 220 valence electrons. The summed E-state index contributed by atoms with van der Waals surface area (Å²) in [6, 6.07) is 27.1. The van der Waals surface area contributed by atoms with Gasteiger partial charge in [-0.3, -0.25) is 19.8 Å². The summed E-state index contributed by atoms with van der Waals surface area (Å²) in [4.78, 5) is 34.6. The van der Waals surface area contributed by atoms with Crippen LogP contribution in [-0.4, -0.2) is 32.4 Å². The van der Waals surface area contributed by atoms with Crippen LogP contribution < -0.4 is 4.74 Å². The number of benzene rings is 4. The number of carbonyl (C=O) groups excluding carboxylic acids is 1. The number of aliphatic imine (C=N–C) groups is 1. The lowest BCUT2D eigenvalue weighted by Crippen LogP contribution is -2.31. The normalized spacial score (nSPS) is 15.0. The monoisotopic (exact) mass is 686 g/mol. The first-order valence-corrected chi connectivity index (χ1v) is 15.6. The summed E-state index contributed by atoms with van der Waals surface area (Å²) in [5.74, 6) is 0.517. The predicted octanol–water partition coefficient (Wildman–Crippen LogP) is 8.92. The van der Waals surface area contributed by atoms with Crippen molar-refractivity contribution in [3.8, 4) is 5.75 Å². The molecule has 1 fully saturated rings. The number of halogens is 2. The average molecular weight is 688 g/mol. The number of amides is 1. The maximum Gasteiger partial charge on any atom is 0.269 e. The van der Waals surface area contributed by atoms with E-state index in [1.807, 2.05) is 72.9 Å². The van der Waals surface area contributed by atoms with Gasteiger partial charge in [0.1, 0.15) is 12.4 Å². The van der Waals surface area contributed by atoms with Crippen molar-refractivity contribution >= 4 is 78.7 Å².